The number of amides is 1. The molecule has 0 aliphatic rings. The van der Waals surface area contributed by atoms with Crippen molar-refractivity contribution in [3.05, 3.63) is 50.6 Å². The van der Waals surface area contributed by atoms with E-state index in [0.29, 0.717) is 12.3 Å². The van der Waals surface area contributed by atoms with Gasteiger partial charge < -0.3 is 5.32 Å². The molecule has 0 fully saturated rings. The highest BCUT2D eigenvalue weighted by molar-refractivity contribution is 9.10. The highest BCUT2D eigenvalue weighted by Crippen LogP contribution is 2.28. The van der Waals surface area contributed by atoms with Crippen LogP contribution in [0.3, 0.4) is 0 Å². The Morgan fingerprint density at radius 2 is 2.00 bits per heavy atom. The maximum Gasteiger partial charge on any atom is 0.216 e. The first-order chi connectivity index (χ1) is 10.6. The molecule has 0 atom stereocenters. The van der Waals surface area contributed by atoms with Gasteiger partial charge in [0.15, 0.2) is 5.78 Å². The predicted octanol–water partition coefficient (Wildman–Crippen LogP) is 4.16. The lowest BCUT2D eigenvalue weighted by Crippen LogP contribution is -2.22. The lowest BCUT2D eigenvalue weighted by atomic mass is 10.3. The van der Waals surface area contributed by atoms with Crippen LogP contribution >= 0.6 is 39.0 Å². The molecule has 2 rings (SSSR count). The fourth-order valence-corrected chi connectivity index (χ4v) is 4.29. The van der Waals surface area contributed by atoms with Crippen LogP contribution in [-0.2, 0) is 11.2 Å². The van der Waals surface area contributed by atoms with Crippen molar-refractivity contribution in [3.63, 3.8) is 0 Å². The molecule has 0 bridgehead atoms. The Morgan fingerprint density at radius 1 is 1.23 bits per heavy atom. The molecule has 22 heavy (non-hydrogen) atoms. The van der Waals surface area contributed by atoms with E-state index in [9.17, 15) is 9.59 Å². The molecule has 0 aliphatic heterocycles. The van der Waals surface area contributed by atoms with Gasteiger partial charge in [0.2, 0.25) is 5.91 Å². The normalized spacial score (nSPS) is 10.5. The minimum Gasteiger partial charge on any atom is -0.356 e. The predicted molar refractivity (Wildman–Crippen MR) is 95.9 cm³/mol. The summed E-state index contributed by atoms with van der Waals surface area (Å²) in [5.41, 5.74) is 0. The summed E-state index contributed by atoms with van der Waals surface area (Å²) >= 11 is 6.52. The third kappa shape index (κ3) is 5.26. The van der Waals surface area contributed by atoms with Crippen LogP contribution in [0.25, 0.3) is 0 Å². The van der Waals surface area contributed by atoms with E-state index in [4.69, 9.17) is 0 Å². The second kappa shape index (κ2) is 8.50. The van der Waals surface area contributed by atoms with Gasteiger partial charge in [0.05, 0.1) is 10.6 Å². The molecule has 0 aliphatic carbocycles. The lowest BCUT2D eigenvalue weighted by Gasteiger charge is -2.02. The zero-order chi connectivity index (χ0) is 15.9. The van der Waals surface area contributed by atoms with Crippen LogP contribution in [-0.4, -0.2) is 24.0 Å². The maximum atomic E-state index is 12.2. The van der Waals surface area contributed by atoms with Crippen LogP contribution in [0.5, 0.6) is 0 Å². The number of nitrogens with one attached hydrogen (secondary N) is 1. The highest BCUT2D eigenvalue weighted by atomic mass is 79.9. The quantitative estimate of drug-likeness (QED) is 0.563. The number of ketones is 1. The molecule has 1 N–H and O–H groups in total. The smallest absolute Gasteiger partial charge is 0.216 e. The number of benzene rings is 1. The number of Topliss-reactive ketones (excluding diaryl/α,β-unsaturated/α-hetero) is 1. The Labute approximate surface area is 146 Å². The summed E-state index contributed by atoms with van der Waals surface area (Å²) < 4.78 is 1.01. The molecular formula is C16H16BrNO2S2. The van der Waals surface area contributed by atoms with Crippen molar-refractivity contribution in [3.8, 4) is 0 Å². The molecule has 6 heteroatoms. The maximum absolute atomic E-state index is 12.2. The van der Waals surface area contributed by atoms with Gasteiger partial charge in [-0.1, -0.05) is 12.1 Å². The molecule has 3 nitrogen and oxygen atoms in total. The van der Waals surface area contributed by atoms with E-state index in [0.717, 1.165) is 25.5 Å². The first-order valence-corrected chi connectivity index (χ1v) is 9.39. The van der Waals surface area contributed by atoms with E-state index in [-0.39, 0.29) is 11.7 Å². The van der Waals surface area contributed by atoms with E-state index in [1.54, 1.807) is 0 Å². The van der Waals surface area contributed by atoms with Gasteiger partial charge in [-0.25, -0.2) is 0 Å². The molecule has 0 saturated heterocycles. The van der Waals surface area contributed by atoms with E-state index in [1.807, 2.05) is 36.4 Å². The average molecular weight is 398 g/mol. The number of carbonyl (C=O) groups excluding carboxylic acids is 2. The summed E-state index contributed by atoms with van der Waals surface area (Å²) in [6.45, 7) is 2.11. The van der Waals surface area contributed by atoms with Gasteiger partial charge in [0, 0.05) is 27.7 Å². The zero-order valence-electron chi connectivity index (χ0n) is 12.1. The molecule has 2 aromatic rings. The first-order valence-electron chi connectivity index (χ1n) is 6.80. The molecule has 0 spiro atoms. The number of rotatable bonds is 7. The molecule has 0 saturated carbocycles. The Kier molecular flexibility index (Phi) is 6.67. The summed E-state index contributed by atoms with van der Waals surface area (Å²) in [5.74, 6) is 0.531. The van der Waals surface area contributed by atoms with E-state index in [2.05, 4.69) is 21.2 Å². The van der Waals surface area contributed by atoms with E-state index >= 15 is 0 Å². The van der Waals surface area contributed by atoms with Gasteiger partial charge in [-0.2, -0.15) is 0 Å². The number of carbonyl (C=O) groups is 2. The zero-order valence-corrected chi connectivity index (χ0v) is 15.3. The van der Waals surface area contributed by atoms with Crippen LogP contribution < -0.4 is 5.32 Å². The molecule has 1 aromatic carbocycles. The molecule has 1 aromatic heterocycles. The van der Waals surface area contributed by atoms with Crippen LogP contribution in [0.2, 0.25) is 0 Å². The van der Waals surface area contributed by atoms with Crippen molar-refractivity contribution in [1.82, 2.24) is 5.32 Å². The van der Waals surface area contributed by atoms with E-state index < -0.39 is 0 Å². The van der Waals surface area contributed by atoms with Gasteiger partial charge in [0.25, 0.3) is 0 Å². The lowest BCUT2D eigenvalue weighted by molar-refractivity contribution is -0.118. The number of hydrogen-bond donors (Lipinski definition) is 1. The van der Waals surface area contributed by atoms with Crippen molar-refractivity contribution >= 4 is 50.7 Å². The van der Waals surface area contributed by atoms with Crippen LogP contribution in [0.15, 0.2) is 45.8 Å². The summed E-state index contributed by atoms with van der Waals surface area (Å²) in [6, 6.07) is 11.7. The van der Waals surface area contributed by atoms with Gasteiger partial charge in [-0.15, -0.1) is 23.1 Å². The van der Waals surface area contributed by atoms with E-state index in [1.165, 1.54) is 30.0 Å². The standard InChI is InChI=1S/C16H16BrNO2S2/c1-11(19)18-9-8-12-6-7-16(22-12)14(20)10-21-15-5-3-2-4-13(15)17/h2-7H,8-10H2,1H3,(H,18,19). The van der Waals surface area contributed by atoms with Crippen LogP contribution in [0.4, 0.5) is 0 Å². The Hall–Kier alpha value is -1.11. The van der Waals surface area contributed by atoms with Crippen molar-refractivity contribution in [1.29, 1.82) is 0 Å². The monoisotopic (exact) mass is 397 g/mol. The number of hydrogen-bond acceptors (Lipinski definition) is 4. The largest absolute Gasteiger partial charge is 0.356 e. The summed E-state index contributed by atoms with van der Waals surface area (Å²) in [6.07, 6.45) is 0.759. The second-order valence-electron chi connectivity index (χ2n) is 4.64. The van der Waals surface area contributed by atoms with Crippen LogP contribution in [0.1, 0.15) is 21.5 Å². The second-order valence-corrected chi connectivity index (χ2v) is 7.68. The van der Waals surface area contributed by atoms with Crippen molar-refractivity contribution in [2.45, 2.75) is 18.2 Å². The number of halogens is 1. The first kappa shape index (κ1) is 17.2. The average Bonchev–Trinajstić information content (AvgIpc) is 2.94. The summed E-state index contributed by atoms with van der Waals surface area (Å²) in [4.78, 5) is 26.0. The van der Waals surface area contributed by atoms with Gasteiger partial charge in [-0.3, -0.25) is 9.59 Å². The van der Waals surface area contributed by atoms with Gasteiger partial charge in [-0.05, 0) is 46.6 Å². The Balaban J connectivity index is 1.86. The number of thiophene rings is 1. The van der Waals surface area contributed by atoms with Gasteiger partial charge >= 0.3 is 0 Å². The molecule has 0 unspecified atom stereocenters. The third-order valence-electron chi connectivity index (χ3n) is 2.88. The molecule has 1 amide bonds. The molecular weight excluding hydrogens is 382 g/mol. The molecule has 116 valence electrons. The highest BCUT2D eigenvalue weighted by Gasteiger charge is 2.11. The summed E-state index contributed by atoms with van der Waals surface area (Å²) in [7, 11) is 0. The Bertz CT molecular complexity index is 670. The minimum absolute atomic E-state index is 0.0299. The molecule has 1 heterocycles. The summed E-state index contributed by atoms with van der Waals surface area (Å²) in [5, 5.41) is 2.76. The fraction of sp³-hybridized carbons (Fsp3) is 0.250. The number of thioether (sulfide) groups is 1. The fourth-order valence-electron chi connectivity index (χ4n) is 1.80. The van der Waals surface area contributed by atoms with Crippen molar-refractivity contribution in [2.24, 2.45) is 0 Å². The SMILES string of the molecule is CC(=O)NCCc1ccc(C(=O)CSc2ccccc2Br)s1. The third-order valence-corrected chi connectivity index (χ3v) is 6.09. The van der Waals surface area contributed by atoms with Crippen molar-refractivity contribution in [2.75, 3.05) is 12.3 Å². The topological polar surface area (TPSA) is 46.2 Å². The van der Waals surface area contributed by atoms with Gasteiger partial charge in [0.1, 0.15) is 0 Å². The Morgan fingerprint density at radius 3 is 2.73 bits per heavy atom. The van der Waals surface area contributed by atoms with Crippen LogP contribution in [0, 0.1) is 0 Å². The minimum atomic E-state index is -0.0299. The van der Waals surface area contributed by atoms with Crippen molar-refractivity contribution < 1.29 is 9.59 Å². The molecule has 0 radical (unpaired) electrons.